The predicted octanol–water partition coefficient (Wildman–Crippen LogP) is 5.48. The Balaban J connectivity index is 1.26. The lowest BCUT2D eigenvalue weighted by Crippen LogP contribution is -2.56. The number of piperidine rings is 1. The van der Waals surface area contributed by atoms with E-state index in [0.717, 1.165) is 56.9 Å². The molecule has 240 valence electrons. The highest BCUT2D eigenvalue weighted by atomic mass is 32.2. The van der Waals surface area contributed by atoms with Crippen LogP contribution in [-0.2, 0) is 31.4 Å². The second-order valence-corrected chi connectivity index (χ2v) is 14.0. The molecule has 0 unspecified atom stereocenters. The Labute approximate surface area is 271 Å². The normalized spacial score (nSPS) is 15.7. The van der Waals surface area contributed by atoms with Gasteiger partial charge in [-0.25, -0.2) is 13.2 Å². The second kappa shape index (κ2) is 12.9. The van der Waals surface area contributed by atoms with Crippen LogP contribution >= 0.6 is 0 Å². The lowest BCUT2D eigenvalue weighted by Gasteiger charge is -2.41. The summed E-state index contributed by atoms with van der Waals surface area (Å²) in [6, 6.07) is 30.5. The van der Waals surface area contributed by atoms with Crippen molar-refractivity contribution >= 4 is 48.9 Å². The number of nitro benzene ring substituents is 1. The minimum absolute atomic E-state index is 0.269. The molecule has 11 heteroatoms. The Bertz CT molecular complexity index is 2090. The number of nitro groups is 1. The molecule has 1 atom stereocenters. The number of amides is 1. The largest absolute Gasteiger partial charge is 0.480 e. The van der Waals surface area contributed by atoms with Gasteiger partial charge in [-0.3, -0.25) is 19.8 Å². The smallest absolute Gasteiger partial charge is 0.327 e. The van der Waals surface area contributed by atoms with Crippen LogP contribution in [0.25, 0.3) is 21.5 Å². The van der Waals surface area contributed by atoms with Crippen molar-refractivity contribution in [3.63, 3.8) is 0 Å². The number of rotatable bonds is 10. The van der Waals surface area contributed by atoms with Crippen molar-refractivity contribution in [3.05, 3.63) is 130 Å². The molecular formula is C36H33N3O7S. The molecule has 5 aromatic carbocycles. The van der Waals surface area contributed by atoms with Crippen LogP contribution in [0.5, 0.6) is 0 Å². The van der Waals surface area contributed by atoms with Gasteiger partial charge in [0.1, 0.15) is 6.04 Å². The first-order valence-corrected chi connectivity index (χ1v) is 16.9. The molecule has 5 aromatic rings. The molecule has 6 rings (SSSR count). The number of carbonyl (C=O) groups excluding carboxylic acids is 1. The zero-order valence-electron chi connectivity index (χ0n) is 25.4. The van der Waals surface area contributed by atoms with Crippen LogP contribution in [0.4, 0.5) is 5.69 Å². The highest BCUT2D eigenvalue weighted by Gasteiger charge is 2.44. The molecule has 1 aliphatic rings. The first-order chi connectivity index (χ1) is 22.5. The number of carboxylic acids is 1. The van der Waals surface area contributed by atoms with E-state index in [1.807, 2.05) is 54.6 Å². The van der Waals surface area contributed by atoms with Gasteiger partial charge in [0.05, 0.1) is 21.0 Å². The van der Waals surface area contributed by atoms with E-state index < -0.39 is 43.8 Å². The van der Waals surface area contributed by atoms with Crippen LogP contribution in [0, 0.1) is 10.1 Å². The van der Waals surface area contributed by atoms with E-state index in [4.69, 9.17) is 0 Å². The van der Waals surface area contributed by atoms with E-state index in [9.17, 15) is 33.2 Å². The Morgan fingerprint density at radius 1 is 0.830 bits per heavy atom. The number of hydrogen-bond donors (Lipinski definition) is 2. The van der Waals surface area contributed by atoms with Crippen LogP contribution < -0.4 is 5.32 Å². The number of carbonyl (C=O) groups is 2. The maximum Gasteiger partial charge on any atom is 0.327 e. The van der Waals surface area contributed by atoms with E-state index in [2.05, 4.69) is 40.5 Å². The van der Waals surface area contributed by atoms with Crippen LogP contribution in [0.15, 0.2) is 114 Å². The van der Waals surface area contributed by atoms with Gasteiger partial charge >= 0.3 is 5.97 Å². The van der Waals surface area contributed by atoms with Gasteiger partial charge in [-0.2, -0.15) is 0 Å². The lowest BCUT2D eigenvalue weighted by molar-refractivity contribution is -0.384. The third-order valence-corrected chi connectivity index (χ3v) is 10.8. The molecular weight excluding hydrogens is 618 g/mol. The number of nitrogens with zero attached hydrogens (tertiary/aromatic N) is 2. The molecule has 0 spiro atoms. The van der Waals surface area contributed by atoms with E-state index in [1.165, 1.54) is 0 Å². The Morgan fingerprint density at radius 3 is 2.00 bits per heavy atom. The molecule has 2 N–H and O–H groups in total. The molecule has 47 heavy (non-hydrogen) atoms. The topological polar surface area (TPSA) is 147 Å². The number of fused-ring (bicyclic) bond motifs is 2. The van der Waals surface area contributed by atoms with Crippen molar-refractivity contribution in [1.29, 1.82) is 0 Å². The summed E-state index contributed by atoms with van der Waals surface area (Å²) in [5.74, 6) is -2.95. The number of hydrogen-bond acceptors (Lipinski definition) is 7. The monoisotopic (exact) mass is 651 g/mol. The molecule has 1 amide bonds. The van der Waals surface area contributed by atoms with Crippen molar-refractivity contribution in [2.24, 2.45) is 0 Å². The fourth-order valence-corrected chi connectivity index (χ4v) is 7.79. The summed E-state index contributed by atoms with van der Waals surface area (Å²) in [5, 5.41) is 27.9. The van der Waals surface area contributed by atoms with Gasteiger partial charge in [-0.05, 0) is 76.8 Å². The first-order valence-electron chi connectivity index (χ1n) is 15.2. The van der Waals surface area contributed by atoms with Gasteiger partial charge < -0.3 is 10.4 Å². The number of aliphatic carboxylic acids is 1. The minimum atomic E-state index is -4.22. The lowest BCUT2D eigenvalue weighted by atomic mass is 9.71. The number of likely N-dealkylation sites (tertiary alicyclic amines) is 1. The number of carboxylic acid groups (broad SMARTS) is 1. The molecule has 1 saturated heterocycles. The minimum Gasteiger partial charge on any atom is -0.480 e. The highest BCUT2D eigenvalue weighted by molar-refractivity contribution is 7.91. The van der Waals surface area contributed by atoms with Crippen molar-refractivity contribution in [3.8, 4) is 0 Å². The number of non-ortho nitro benzene ring substituents is 1. The summed E-state index contributed by atoms with van der Waals surface area (Å²) < 4.78 is 26.4. The fourth-order valence-electron chi connectivity index (χ4n) is 6.38. The van der Waals surface area contributed by atoms with Crippen LogP contribution in [0.1, 0.15) is 24.0 Å². The number of nitrogens with one attached hydrogen (secondary N) is 1. The second-order valence-electron chi connectivity index (χ2n) is 12.0. The molecule has 0 radical (unpaired) electrons. The number of benzene rings is 5. The predicted molar refractivity (Wildman–Crippen MR) is 179 cm³/mol. The molecule has 1 aliphatic heterocycles. The maximum atomic E-state index is 14.3. The third kappa shape index (κ3) is 6.72. The van der Waals surface area contributed by atoms with Gasteiger partial charge in [-0.15, -0.1) is 0 Å². The first kappa shape index (κ1) is 31.8. The van der Waals surface area contributed by atoms with Crippen LogP contribution in [-0.4, -0.2) is 60.1 Å². The SMILES string of the molecule is O=C(O)[C@@H](CS(=O)(=O)c1ccc([N+](=O)[O-])cc1)NC(=O)C1(c2ccc3ccccc3c2)CCN(Cc2ccc3ccccc3c2)CC1. The number of sulfone groups is 1. The van der Waals surface area contributed by atoms with E-state index >= 15 is 0 Å². The summed E-state index contributed by atoms with van der Waals surface area (Å²) >= 11 is 0. The Hall–Kier alpha value is -5.13. The Morgan fingerprint density at radius 2 is 1.40 bits per heavy atom. The average Bonchev–Trinajstić information content (AvgIpc) is 3.08. The van der Waals surface area contributed by atoms with Gasteiger partial charge in [0.25, 0.3) is 5.69 Å². The average molecular weight is 652 g/mol. The van der Waals surface area contributed by atoms with Crippen molar-refractivity contribution in [2.45, 2.75) is 35.7 Å². The molecule has 0 aromatic heterocycles. The molecule has 1 fully saturated rings. The van der Waals surface area contributed by atoms with Gasteiger partial charge in [0.2, 0.25) is 5.91 Å². The molecule has 10 nitrogen and oxygen atoms in total. The van der Waals surface area contributed by atoms with E-state index in [-0.39, 0.29) is 10.6 Å². The molecule has 1 heterocycles. The summed E-state index contributed by atoms with van der Waals surface area (Å²) in [4.78, 5) is 39.0. The van der Waals surface area contributed by atoms with Crippen molar-refractivity contribution in [1.82, 2.24) is 10.2 Å². The molecule has 0 aliphatic carbocycles. The third-order valence-electron chi connectivity index (χ3n) is 9.06. The van der Waals surface area contributed by atoms with Crippen LogP contribution in [0.3, 0.4) is 0 Å². The van der Waals surface area contributed by atoms with Crippen molar-refractivity contribution in [2.75, 3.05) is 18.8 Å². The summed E-state index contributed by atoms with van der Waals surface area (Å²) in [7, 11) is -4.22. The van der Waals surface area contributed by atoms with Crippen molar-refractivity contribution < 1.29 is 28.0 Å². The maximum absolute atomic E-state index is 14.3. The standard InChI is InChI=1S/C36H33N3O7S/c40-34(41)33(24-47(45,46)32-15-13-31(14-16-32)39(43)44)37-35(42)36(30-12-11-27-6-2-4-8-29(27)22-30)17-19-38(20-18-36)23-25-9-10-26-5-1-3-7-28(26)21-25/h1-16,21-22,33H,17-20,23-24H2,(H,37,42)(H,40,41)/t33-/m1/s1. The quantitative estimate of drug-likeness (QED) is 0.149. The van der Waals surface area contributed by atoms with Gasteiger partial charge in [-0.1, -0.05) is 78.9 Å². The zero-order chi connectivity index (χ0) is 33.2. The van der Waals surface area contributed by atoms with Gasteiger partial charge in [0, 0.05) is 18.7 Å². The molecule has 0 bridgehead atoms. The highest BCUT2D eigenvalue weighted by Crippen LogP contribution is 2.38. The summed E-state index contributed by atoms with van der Waals surface area (Å²) in [6.07, 6.45) is 0.790. The van der Waals surface area contributed by atoms with Crippen LogP contribution in [0.2, 0.25) is 0 Å². The Kier molecular flexibility index (Phi) is 8.76. The van der Waals surface area contributed by atoms with E-state index in [0.29, 0.717) is 32.5 Å². The molecule has 0 saturated carbocycles. The zero-order valence-corrected chi connectivity index (χ0v) is 26.2. The summed E-state index contributed by atoms with van der Waals surface area (Å²) in [5.41, 5.74) is 0.487. The van der Waals surface area contributed by atoms with E-state index in [1.54, 1.807) is 0 Å². The fraction of sp³-hybridized carbons (Fsp3) is 0.222. The summed E-state index contributed by atoms with van der Waals surface area (Å²) in [6.45, 7) is 1.81. The van der Waals surface area contributed by atoms with Gasteiger partial charge in [0.15, 0.2) is 9.84 Å².